The SMILES string of the molecule is CCOC(=O)Nc1ccc2cncc(CC)c2c1. The van der Waals surface area contributed by atoms with Crippen LogP contribution in [0, 0.1) is 0 Å². The number of benzene rings is 1. The van der Waals surface area contributed by atoms with Gasteiger partial charge in [-0.25, -0.2) is 4.79 Å². The summed E-state index contributed by atoms with van der Waals surface area (Å²) in [6.45, 7) is 4.23. The fourth-order valence-electron chi connectivity index (χ4n) is 1.87. The number of carbonyl (C=O) groups excluding carboxylic acids is 1. The number of hydrogen-bond acceptors (Lipinski definition) is 3. The normalized spacial score (nSPS) is 10.3. The molecule has 18 heavy (non-hydrogen) atoms. The lowest BCUT2D eigenvalue weighted by Gasteiger charge is -2.08. The molecule has 0 atom stereocenters. The van der Waals surface area contributed by atoms with Gasteiger partial charge in [0.25, 0.3) is 0 Å². The molecule has 2 rings (SSSR count). The second-order valence-electron chi connectivity index (χ2n) is 3.93. The molecule has 1 N–H and O–H groups in total. The van der Waals surface area contributed by atoms with Crippen molar-refractivity contribution in [3.63, 3.8) is 0 Å². The van der Waals surface area contributed by atoms with Crippen LogP contribution in [0.15, 0.2) is 30.6 Å². The Morgan fingerprint density at radius 1 is 1.33 bits per heavy atom. The number of amides is 1. The van der Waals surface area contributed by atoms with Crippen LogP contribution in [-0.2, 0) is 11.2 Å². The highest BCUT2D eigenvalue weighted by Crippen LogP contribution is 2.22. The van der Waals surface area contributed by atoms with Crippen LogP contribution in [0.4, 0.5) is 10.5 Å². The molecule has 0 aliphatic heterocycles. The third-order valence-corrected chi connectivity index (χ3v) is 2.75. The van der Waals surface area contributed by atoms with Crippen molar-refractivity contribution in [1.29, 1.82) is 0 Å². The summed E-state index contributed by atoms with van der Waals surface area (Å²) >= 11 is 0. The van der Waals surface area contributed by atoms with Crippen molar-refractivity contribution in [1.82, 2.24) is 4.98 Å². The van der Waals surface area contributed by atoms with E-state index in [1.165, 1.54) is 5.56 Å². The van der Waals surface area contributed by atoms with E-state index in [4.69, 9.17) is 4.74 Å². The second kappa shape index (κ2) is 5.49. The minimum atomic E-state index is -0.427. The van der Waals surface area contributed by atoms with Crippen LogP contribution in [0.25, 0.3) is 10.8 Å². The van der Waals surface area contributed by atoms with Crippen LogP contribution < -0.4 is 5.32 Å². The van der Waals surface area contributed by atoms with Crippen molar-refractivity contribution >= 4 is 22.6 Å². The summed E-state index contributed by atoms with van der Waals surface area (Å²) in [7, 11) is 0. The number of rotatable bonds is 3. The van der Waals surface area contributed by atoms with Gasteiger partial charge >= 0.3 is 6.09 Å². The maximum atomic E-state index is 11.4. The molecule has 0 aliphatic rings. The van der Waals surface area contributed by atoms with Gasteiger partial charge < -0.3 is 4.74 Å². The van der Waals surface area contributed by atoms with Crippen LogP contribution in [-0.4, -0.2) is 17.7 Å². The molecule has 0 fully saturated rings. The lowest BCUT2D eigenvalue weighted by atomic mass is 10.1. The van der Waals surface area contributed by atoms with E-state index in [1.54, 1.807) is 6.92 Å². The Morgan fingerprint density at radius 3 is 2.89 bits per heavy atom. The zero-order valence-electron chi connectivity index (χ0n) is 10.6. The van der Waals surface area contributed by atoms with Gasteiger partial charge in [0.05, 0.1) is 6.61 Å². The predicted octanol–water partition coefficient (Wildman–Crippen LogP) is 3.37. The van der Waals surface area contributed by atoms with E-state index in [1.807, 2.05) is 30.6 Å². The maximum absolute atomic E-state index is 11.4. The van der Waals surface area contributed by atoms with Crippen molar-refractivity contribution in [2.75, 3.05) is 11.9 Å². The maximum Gasteiger partial charge on any atom is 0.411 e. The van der Waals surface area contributed by atoms with Crippen molar-refractivity contribution in [2.45, 2.75) is 20.3 Å². The average Bonchev–Trinajstić information content (AvgIpc) is 2.38. The molecular formula is C14H16N2O2. The van der Waals surface area contributed by atoms with Crippen molar-refractivity contribution in [2.24, 2.45) is 0 Å². The number of carbonyl (C=O) groups is 1. The third kappa shape index (κ3) is 2.59. The first-order chi connectivity index (χ1) is 8.74. The molecule has 94 valence electrons. The summed E-state index contributed by atoms with van der Waals surface area (Å²) in [5.74, 6) is 0. The molecule has 1 aromatic carbocycles. The molecule has 4 nitrogen and oxygen atoms in total. The van der Waals surface area contributed by atoms with Gasteiger partial charge in [-0.1, -0.05) is 13.0 Å². The molecule has 1 heterocycles. The highest BCUT2D eigenvalue weighted by molar-refractivity contribution is 5.92. The summed E-state index contributed by atoms with van der Waals surface area (Å²) in [6.07, 6.45) is 4.16. The van der Waals surface area contributed by atoms with Crippen LogP contribution in [0.5, 0.6) is 0 Å². The van der Waals surface area contributed by atoms with Gasteiger partial charge in [0.15, 0.2) is 0 Å². The van der Waals surface area contributed by atoms with E-state index in [0.29, 0.717) is 6.61 Å². The quantitative estimate of drug-likeness (QED) is 0.900. The summed E-state index contributed by atoms with van der Waals surface area (Å²) < 4.78 is 4.85. The Hall–Kier alpha value is -2.10. The van der Waals surface area contributed by atoms with Gasteiger partial charge in [-0.3, -0.25) is 10.3 Å². The van der Waals surface area contributed by atoms with Crippen LogP contribution >= 0.6 is 0 Å². The topological polar surface area (TPSA) is 51.2 Å². The fraction of sp³-hybridized carbons (Fsp3) is 0.286. The summed E-state index contributed by atoms with van der Waals surface area (Å²) in [5, 5.41) is 4.89. The second-order valence-corrected chi connectivity index (χ2v) is 3.93. The average molecular weight is 244 g/mol. The zero-order chi connectivity index (χ0) is 13.0. The molecule has 1 amide bonds. The minimum absolute atomic E-state index is 0.365. The molecule has 0 spiro atoms. The number of nitrogens with zero attached hydrogens (tertiary/aromatic N) is 1. The standard InChI is InChI=1S/C14H16N2O2/c1-3-10-8-15-9-11-5-6-12(7-13(10)11)16-14(17)18-4-2/h5-9H,3-4H2,1-2H3,(H,16,17). The molecule has 2 aromatic rings. The van der Waals surface area contributed by atoms with Gasteiger partial charge in [-0.15, -0.1) is 0 Å². The molecule has 4 heteroatoms. The van der Waals surface area contributed by atoms with E-state index in [2.05, 4.69) is 17.2 Å². The number of ether oxygens (including phenoxy) is 1. The first-order valence-corrected chi connectivity index (χ1v) is 6.05. The monoisotopic (exact) mass is 244 g/mol. The first kappa shape index (κ1) is 12.4. The molecule has 0 saturated heterocycles. The molecule has 0 radical (unpaired) electrons. The summed E-state index contributed by atoms with van der Waals surface area (Å²) in [5.41, 5.74) is 1.90. The van der Waals surface area contributed by atoms with E-state index < -0.39 is 6.09 Å². The molecule has 0 aliphatic carbocycles. The largest absolute Gasteiger partial charge is 0.450 e. The molecular weight excluding hydrogens is 228 g/mol. The number of aryl methyl sites for hydroxylation is 1. The lowest BCUT2D eigenvalue weighted by molar-refractivity contribution is 0.168. The predicted molar refractivity (Wildman–Crippen MR) is 71.8 cm³/mol. The van der Waals surface area contributed by atoms with Gasteiger partial charge in [-0.2, -0.15) is 0 Å². The Labute approximate surface area is 106 Å². The fourth-order valence-corrected chi connectivity index (χ4v) is 1.87. The number of fused-ring (bicyclic) bond motifs is 1. The Morgan fingerprint density at radius 2 is 2.17 bits per heavy atom. The first-order valence-electron chi connectivity index (χ1n) is 6.05. The number of aromatic nitrogens is 1. The van der Waals surface area contributed by atoms with E-state index in [9.17, 15) is 4.79 Å². The number of nitrogens with one attached hydrogen (secondary N) is 1. The Balaban J connectivity index is 2.34. The van der Waals surface area contributed by atoms with E-state index >= 15 is 0 Å². The van der Waals surface area contributed by atoms with Crippen LogP contribution in [0.3, 0.4) is 0 Å². The number of anilines is 1. The van der Waals surface area contributed by atoms with E-state index in [-0.39, 0.29) is 0 Å². The minimum Gasteiger partial charge on any atom is -0.450 e. The van der Waals surface area contributed by atoms with Crippen LogP contribution in [0.1, 0.15) is 19.4 Å². The Kier molecular flexibility index (Phi) is 3.77. The van der Waals surface area contributed by atoms with Gasteiger partial charge in [0.1, 0.15) is 0 Å². The van der Waals surface area contributed by atoms with E-state index in [0.717, 1.165) is 22.9 Å². The highest BCUT2D eigenvalue weighted by atomic mass is 16.5. The summed E-state index contributed by atoms with van der Waals surface area (Å²) in [4.78, 5) is 15.5. The van der Waals surface area contributed by atoms with Gasteiger partial charge in [0, 0.05) is 23.5 Å². The zero-order valence-corrected chi connectivity index (χ0v) is 10.6. The van der Waals surface area contributed by atoms with Crippen LogP contribution in [0.2, 0.25) is 0 Å². The lowest BCUT2D eigenvalue weighted by Crippen LogP contribution is -2.13. The molecule has 0 unspecified atom stereocenters. The number of hydrogen-bond donors (Lipinski definition) is 1. The number of pyridine rings is 1. The van der Waals surface area contributed by atoms with Gasteiger partial charge in [0.2, 0.25) is 0 Å². The molecule has 1 aromatic heterocycles. The molecule has 0 saturated carbocycles. The van der Waals surface area contributed by atoms with Crippen molar-refractivity contribution < 1.29 is 9.53 Å². The van der Waals surface area contributed by atoms with Crippen molar-refractivity contribution in [3.05, 3.63) is 36.2 Å². The molecule has 0 bridgehead atoms. The van der Waals surface area contributed by atoms with Crippen molar-refractivity contribution in [3.8, 4) is 0 Å². The Bertz CT molecular complexity index is 567. The third-order valence-electron chi connectivity index (χ3n) is 2.75. The smallest absolute Gasteiger partial charge is 0.411 e. The van der Waals surface area contributed by atoms with Gasteiger partial charge in [-0.05, 0) is 36.4 Å². The summed E-state index contributed by atoms with van der Waals surface area (Å²) in [6, 6.07) is 5.75. The highest BCUT2D eigenvalue weighted by Gasteiger charge is 2.05.